The van der Waals surface area contributed by atoms with Gasteiger partial charge in [-0.2, -0.15) is 11.8 Å². The van der Waals surface area contributed by atoms with Gasteiger partial charge in [0, 0.05) is 29.8 Å². The molecule has 0 bridgehead atoms. The zero-order valence-electron chi connectivity index (χ0n) is 11.6. The van der Waals surface area contributed by atoms with Crippen LogP contribution in [0.1, 0.15) is 13.3 Å². The van der Waals surface area contributed by atoms with Crippen LogP contribution >= 0.6 is 23.4 Å². The number of rotatable bonds is 4. The van der Waals surface area contributed by atoms with Crippen LogP contribution in [0.2, 0.25) is 5.02 Å². The summed E-state index contributed by atoms with van der Waals surface area (Å²) < 4.78 is 0. The monoisotopic (exact) mass is 313 g/mol. The molecule has 1 aromatic rings. The summed E-state index contributed by atoms with van der Waals surface area (Å²) in [6.07, 6.45) is 1.14. The molecule has 1 fully saturated rings. The standard InChI is InChI=1S/C14H20ClN3OS/c1-2-11-8-18(5-6-20-11)9-14(19)17-13-7-10(16)3-4-12(13)15/h3-4,7,11H,2,5-6,8-9,16H2,1H3,(H,17,19). The molecule has 1 saturated heterocycles. The van der Waals surface area contributed by atoms with E-state index in [1.165, 1.54) is 0 Å². The van der Waals surface area contributed by atoms with E-state index in [0.29, 0.717) is 28.2 Å². The molecular weight excluding hydrogens is 294 g/mol. The smallest absolute Gasteiger partial charge is 0.238 e. The lowest BCUT2D eigenvalue weighted by Crippen LogP contribution is -2.42. The van der Waals surface area contributed by atoms with E-state index in [1.54, 1.807) is 18.2 Å². The lowest BCUT2D eigenvalue weighted by Gasteiger charge is -2.31. The Hall–Kier alpha value is -0.910. The van der Waals surface area contributed by atoms with Gasteiger partial charge >= 0.3 is 0 Å². The van der Waals surface area contributed by atoms with Crippen molar-refractivity contribution in [1.82, 2.24) is 4.90 Å². The van der Waals surface area contributed by atoms with Crippen molar-refractivity contribution in [2.24, 2.45) is 0 Å². The van der Waals surface area contributed by atoms with Crippen molar-refractivity contribution in [2.75, 3.05) is 36.4 Å². The minimum Gasteiger partial charge on any atom is -0.399 e. The molecule has 1 amide bonds. The van der Waals surface area contributed by atoms with Gasteiger partial charge in [0.15, 0.2) is 0 Å². The van der Waals surface area contributed by atoms with E-state index < -0.39 is 0 Å². The summed E-state index contributed by atoms with van der Waals surface area (Å²) in [7, 11) is 0. The van der Waals surface area contributed by atoms with Gasteiger partial charge < -0.3 is 11.1 Å². The number of amides is 1. The van der Waals surface area contributed by atoms with Crippen LogP contribution in [0.3, 0.4) is 0 Å². The zero-order chi connectivity index (χ0) is 14.5. The van der Waals surface area contributed by atoms with Gasteiger partial charge in [0.1, 0.15) is 0 Å². The number of benzene rings is 1. The van der Waals surface area contributed by atoms with Crippen molar-refractivity contribution in [1.29, 1.82) is 0 Å². The third-order valence-corrected chi connectivity index (χ3v) is 5.01. The van der Waals surface area contributed by atoms with Crippen LogP contribution in [0.25, 0.3) is 0 Å². The number of anilines is 2. The first-order chi connectivity index (χ1) is 9.58. The predicted molar refractivity (Wildman–Crippen MR) is 87.5 cm³/mol. The molecule has 0 radical (unpaired) electrons. The SMILES string of the molecule is CCC1CN(CC(=O)Nc2cc(N)ccc2Cl)CCS1. The highest BCUT2D eigenvalue weighted by Gasteiger charge is 2.20. The maximum absolute atomic E-state index is 12.1. The molecule has 0 aromatic heterocycles. The number of nitrogens with two attached hydrogens (primary N) is 1. The summed E-state index contributed by atoms with van der Waals surface area (Å²) in [5, 5.41) is 3.97. The second kappa shape index (κ2) is 7.20. The van der Waals surface area contributed by atoms with Crippen LogP contribution in [-0.4, -0.2) is 41.4 Å². The summed E-state index contributed by atoms with van der Waals surface area (Å²) in [5.74, 6) is 1.05. The third-order valence-electron chi connectivity index (χ3n) is 3.31. The number of halogens is 1. The minimum atomic E-state index is -0.0424. The Balaban J connectivity index is 1.90. The summed E-state index contributed by atoms with van der Waals surface area (Å²) in [4.78, 5) is 14.3. The normalized spacial score (nSPS) is 19.8. The van der Waals surface area contributed by atoms with Gasteiger partial charge in [-0.15, -0.1) is 0 Å². The highest BCUT2D eigenvalue weighted by Crippen LogP contribution is 2.24. The lowest BCUT2D eigenvalue weighted by molar-refractivity contribution is -0.117. The first-order valence-corrected chi connectivity index (χ1v) is 8.20. The van der Waals surface area contributed by atoms with Crippen LogP contribution in [-0.2, 0) is 4.79 Å². The third kappa shape index (κ3) is 4.30. The van der Waals surface area contributed by atoms with Gasteiger partial charge in [-0.1, -0.05) is 18.5 Å². The average molecular weight is 314 g/mol. The van der Waals surface area contributed by atoms with E-state index in [9.17, 15) is 4.79 Å². The second-order valence-electron chi connectivity index (χ2n) is 4.92. The second-order valence-corrected chi connectivity index (χ2v) is 6.74. The number of carbonyl (C=O) groups is 1. The Morgan fingerprint density at radius 1 is 1.60 bits per heavy atom. The number of hydrogen-bond acceptors (Lipinski definition) is 4. The highest BCUT2D eigenvalue weighted by atomic mass is 35.5. The molecule has 1 heterocycles. The fraction of sp³-hybridized carbons (Fsp3) is 0.500. The Morgan fingerprint density at radius 3 is 3.15 bits per heavy atom. The van der Waals surface area contributed by atoms with Crippen molar-refractivity contribution in [3.8, 4) is 0 Å². The van der Waals surface area contributed by atoms with Crippen molar-refractivity contribution in [3.63, 3.8) is 0 Å². The summed E-state index contributed by atoms with van der Waals surface area (Å²) >= 11 is 8.03. The molecule has 2 rings (SSSR count). The van der Waals surface area contributed by atoms with Crippen molar-refractivity contribution in [3.05, 3.63) is 23.2 Å². The summed E-state index contributed by atoms with van der Waals surface area (Å²) in [6, 6.07) is 5.09. The largest absolute Gasteiger partial charge is 0.399 e. The Morgan fingerprint density at radius 2 is 2.40 bits per heavy atom. The van der Waals surface area contributed by atoms with Gasteiger partial charge in [0.2, 0.25) is 5.91 Å². The van der Waals surface area contributed by atoms with Gasteiger partial charge in [-0.05, 0) is 24.6 Å². The molecule has 1 atom stereocenters. The fourth-order valence-corrected chi connectivity index (χ4v) is 3.62. The first-order valence-electron chi connectivity index (χ1n) is 6.77. The van der Waals surface area contributed by atoms with Gasteiger partial charge in [-0.25, -0.2) is 0 Å². The summed E-state index contributed by atoms with van der Waals surface area (Å²) in [5.41, 5.74) is 6.87. The fourth-order valence-electron chi connectivity index (χ4n) is 2.20. The average Bonchev–Trinajstić information content (AvgIpc) is 2.43. The van der Waals surface area contributed by atoms with Crippen LogP contribution in [0, 0.1) is 0 Å². The van der Waals surface area contributed by atoms with Crippen LogP contribution in [0.4, 0.5) is 11.4 Å². The number of thioether (sulfide) groups is 1. The number of carbonyl (C=O) groups excluding carboxylic acids is 1. The molecule has 1 aliphatic rings. The van der Waals surface area contributed by atoms with Crippen LogP contribution < -0.4 is 11.1 Å². The first kappa shape index (κ1) is 15.5. The predicted octanol–water partition coefficient (Wildman–Crippen LogP) is 2.69. The quantitative estimate of drug-likeness (QED) is 0.839. The lowest BCUT2D eigenvalue weighted by atomic mass is 10.2. The zero-order valence-corrected chi connectivity index (χ0v) is 13.1. The molecule has 3 N–H and O–H groups in total. The number of hydrogen-bond donors (Lipinski definition) is 2. The van der Waals surface area contributed by atoms with Crippen molar-refractivity contribution < 1.29 is 4.79 Å². The molecule has 0 spiro atoms. The molecule has 0 aliphatic carbocycles. The number of nitrogen functional groups attached to an aromatic ring is 1. The Kier molecular flexibility index (Phi) is 5.57. The van der Waals surface area contributed by atoms with Gasteiger partial charge in [0.25, 0.3) is 0 Å². The van der Waals surface area contributed by atoms with Crippen LogP contribution in [0.5, 0.6) is 0 Å². The molecular formula is C14H20ClN3OS. The van der Waals surface area contributed by atoms with Crippen molar-refractivity contribution in [2.45, 2.75) is 18.6 Å². The molecule has 1 aliphatic heterocycles. The number of nitrogens with one attached hydrogen (secondary N) is 1. The van der Waals surface area contributed by atoms with E-state index in [2.05, 4.69) is 17.1 Å². The Bertz CT molecular complexity index is 483. The molecule has 1 unspecified atom stereocenters. The molecule has 110 valence electrons. The maximum atomic E-state index is 12.1. The molecule has 6 heteroatoms. The highest BCUT2D eigenvalue weighted by molar-refractivity contribution is 8.00. The van der Waals surface area contributed by atoms with E-state index in [1.807, 2.05) is 11.8 Å². The van der Waals surface area contributed by atoms with E-state index in [4.69, 9.17) is 17.3 Å². The van der Waals surface area contributed by atoms with E-state index in [0.717, 1.165) is 25.3 Å². The maximum Gasteiger partial charge on any atom is 0.238 e. The molecule has 0 saturated carbocycles. The number of nitrogens with zero attached hydrogens (tertiary/aromatic N) is 1. The molecule has 4 nitrogen and oxygen atoms in total. The minimum absolute atomic E-state index is 0.0424. The van der Waals surface area contributed by atoms with Gasteiger partial charge in [0.05, 0.1) is 17.3 Å². The topological polar surface area (TPSA) is 58.4 Å². The molecule has 1 aromatic carbocycles. The van der Waals surface area contributed by atoms with Crippen LogP contribution in [0.15, 0.2) is 18.2 Å². The van der Waals surface area contributed by atoms with Crippen molar-refractivity contribution >= 4 is 40.6 Å². The molecule has 20 heavy (non-hydrogen) atoms. The summed E-state index contributed by atoms with van der Waals surface area (Å²) in [6.45, 7) is 4.52. The van der Waals surface area contributed by atoms with E-state index >= 15 is 0 Å². The van der Waals surface area contributed by atoms with Gasteiger partial charge in [-0.3, -0.25) is 9.69 Å². The Labute approximate surface area is 129 Å². The van der Waals surface area contributed by atoms with E-state index in [-0.39, 0.29) is 5.91 Å².